The molecule has 7 heteroatoms. The molecule has 28 heavy (non-hydrogen) atoms. The molecule has 2 aromatic carbocycles. The first-order valence-electron chi connectivity index (χ1n) is 8.93. The summed E-state index contributed by atoms with van der Waals surface area (Å²) in [4.78, 5) is 11.8. The second kappa shape index (κ2) is 11.9. The fourth-order valence-corrected chi connectivity index (χ4v) is 2.62. The fourth-order valence-electron chi connectivity index (χ4n) is 2.62. The number of nitrogens with zero attached hydrogens (tertiary/aromatic N) is 2. The maximum Gasteiger partial charge on any atom is 0.240 e. The molecular weight excluding hydrogens is 367 g/mol. The van der Waals surface area contributed by atoms with Crippen LogP contribution in [0.4, 0.5) is 13.2 Å². The third kappa shape index (κ3) is 6.20. The molecule has 1 atom stereocenters. The SMILES string of the molecule is CC(=O)N1N=C(c2cc(F)ccc2F)C[C@H]1c1ccccc1.CCCN.CF. The number of nitrogens with two attached hydrogens (primary N) is 1. The topological polar surface area (TPSA) is 58.7 Å². The van der Waals surface area contributed by atoms with Crippen molar-refractivity contribution in [3.8, 4) is 0 Å². The van der Waals surface area contributed by atoms with Gasteiger partial charge in [0, 0.05) is 18.9 Å². The van der Waals surface area contributed by atoms with E-state index < -0.39 is 11.6 Å². The van der Waals surface area contributed by atoms with Gasteiger partial charge in [-0.1, -0.05) is 37.3 Å². The number of hydrogen-bond donors (Lipinski definition) is 1. The summed E-state index contributed by atoms with van der Waals surface area (Å²) in [7, 11) is 0.500. The van der Waals surface area contributed by atoms with Crippen LogP contribution < -0.4 is 5.73 Å². The van der Waals surface area contributed by atoms with Gasteiger partial charge in [-0.3, -0.25) is 9.18 Å². The second-order valence-electron chi connectivity index (χ2n) is 5.95. The molecule has 1 amide bonds. The predicted octanol–water partition coefficient (Wildman–Crippen LogP) is 4.60. The minimum absolute atomic E-state index is 0.102. The molecule has 0 radical (unpaired) electrons. The predicted molar refractivity (Wildman–Crippen MR) is 106 cm³/mol. The molecule has 3 rings (SSSR count). The lowest BCUT2D eigenvalue weighted by atomic mass is 9.98. The van der Waals surface area contributed by atoms with E-state index in [9.17, 15) is 18.0 Å². The van der Waals surface area contributed by atoms with Crippen LogP contribution in [0.25, 0.3) is 0 Å². The van der Waals surface area contributed by atoms with Crippen LogP contribution >= 0.6 is 0 Å². The lowest BCUT2D eigenvalue weighted by molar-refractivity contribution is -0.130. The van der Waals surface area contributed by atoms with E-state index in [0.717, 1.165) is 36.7 Å². The van der Waals surface area contributed by atoms with Crippen LogP contribution in [0.2, 0.25) is 0 Å². The van der Waals surface area contributed by atoms with E-state index in [0.29, 0.717) is 19.3 Å². The normalized spacial score (nSPS) is 15.0. The first kappa shape index (κ1) is 23.4. The molecule has 0 spiro atoms. The number of hydrogen-bond acceptors (Lipinski definition) is 3. The van der Waals surface area contributed by atoms with E-state index in [4.69, 9.17) is 5.73 Å². The van der Waals surface area contributed by atoms with Gasteiger partial charge in [-0.25, -0.2) is 13.8 Å². The number of halogens is 3. The summed E-state index contributed by atoms with van der Waals surface area (Å²) in [6.45, 7) is 4.28. The molecule has 4 nitrogen and oxygen atoms in total. The van der Waals surface area contributed by atoms with Gasteiger partial charge >= 0.3 is 0 Å². The van der Waals surface area contributed by atoms with E-state index in [1.165, 1.54) is 11.9 Å². The second-order valence-corrected chi connectivity index (χ2v) is 5.95. The van der Waals surface area contributed by atoms with Crippen molar-refractivity contribution in [2.45, 2.75) is 32.7 Å². The number of carbonyl (C=O) groups excluding carboxylic acids is 1. The van der Waals surface area contributed by atoms with E-state index in [1.54, 1.807) is 0 Å². The van der Waals surface area contributed by atoms with E-state index in [1.807, 2.05) is 30.3 Å². The first-order chi connectivity index (χ1) is 13.5. The zero-order valence-corrected chi connectivity index (χ0v) is 16.3. The van der Waals surface area contributed by atoms with Gasteiger partial charge in [-0.05, 0) is 36.7 Å². The fraction of sp³-hybridized carbons (Fsp3) is 0.333. The Morgan fingerprint density at radius 3 is 2.32 bits per heavy atom. The number of amides is 1. The van der Waals surface area contributed by atoms with Crippen molar-refractivity contribution in [3.05, 3.63) is 71.3 Å². The number of benzene rings is 2. The molecule has 2 aromatic rings. The van der Waals surface area contributed by atoms with Gasteiger partial charge in [0.1, 0.15) is 11.6 Å². The van der Waals surface area contributed by atoms with Gasteiger partial charge in [0.25, 0.3) is 0 Å². The van der Waals surface area contributed by atoms with Crippen molar-refractivity contribution in [2.75, 3.05) is 13.7 Å². The van der Waals surface area contributed by atoms with Crippen molar-refractivity contribution in [2.24, 2.45) is 10.8 Å². The first-order valence-corrected chi connectivity index (χ1v) is 8.93. The van der Waals surface area contributed by atoms with Crippen molar-refractivity contribution >= 4 is 11.6 Å². The molecular formula is C21H26F3N3O. The molecule has 0 saturated heterocycles. The molecule has 1 aliphatic rings. The maximum atomic E-state index is 13.9. The Morgan fingerprint density at radius 1 is 1.18 bits per heavy atom. The maximum absolute atomic E-state index is 13.9. The van der Waals surface area contributed by atoms with E-state index in [-0.39, 0.29) is 17.5 Å². The molecule has 0 unspecified atom stereocenters. The minimum atomic E-state index is -0.544. The molecule has 2 N–H and O–H groups in total. The molecule has 0 aliphatic carbocycles. The van der Waals surface area contributed by atoms with Gasteiger partial charge in [-0.15, -0.1) is 0 Å². The molecule has 0 bridgehead atoms. The summed E-state index contributed by atoms with van der Waals surface area (Å²) in [5, 5.41) is 5.54. The Labute approximate surface area is 163 Å². The summed E-state index contributed by atoms with van der Waals surface area (Å²) >= 11 is 0. The Balaban J connectivity index is 0.000000583. The van der Waals surface area contributed by atoms with Gasteiger partial charge in [0.05, 0.1) is 18.9 Å². The highest BCUT2D eigenvalue weighted by Crippen LogP contribution is 2.33. The average molecular weight is 393 g/mol. The number of rotatable bonds is 3. The van der Waals surface area contributed by atoms with Gasteiger partial charge in [-0.2, -0.15) is 5.10 Å². The Bertz CT molecular complexity index is 780. The lowest BCUT2D eigenvalue weighted by Gasteiger charge is -2.20. The van der Waals surface area contributed by atoms with Gasteiger partial charge in [0.2, 0.25) is 5.91 Å². The Kier molecular flexibility index (Phi) is 9.95. The molecule has 1 heterocycles. The number of alkyl halides is 1. The minimum Gasteiger partial charge on any atom is -0.330 e. The summed E-state index contributed by atoms with van der Waals surface area (Å²) in [6.07, 6.45) is 1.45. The highest BCUT2D eigenvalue weighted by molar-refractivity contribution is 6.03. The van der Waals surface area contributed by atoms with Crippen LogP contribution in [0.15, 0.2) is 53.6 Å². The largest absolute Gasteiger partial charge is 0.330 e. The standard InChI is InChI=1S/C17H14F2N2O.C3H9N.CH3F/c1-11(22)21-17(12-5-3-2-4-6-12)10-16(20-21)14-9-13(18)7-8-15(14)19;1-2-3-4;1-2/h2-9,17H,10H2,1H3;2-4H2,1H3;1H3/t17-;;/m0../s1. The Hall–Kier alpha value is -2.67. The smallest absolute Gasteiger partial charge is 0.240 e. The van der Waals surface area contributed by atoms with Crippen LogP contribution in [0.1, 0.15) is 43.9 Å². The molecule has 1 aliphatic heterocycles. The summed E-state index contributed by atoms with van der Waals surface area (Å²) < 4.78 is 36.8. The van der Waals surface area contributed by atoms with Crippen LogP contribution in [-0.2, 0) is 4.79 Å². The highest BCUT2D eigenvalue weighted by atomic mass is 19.1. The quantitative estimate of drug-likeness (QED) is 0.828. The third-order valence-electron chi connectivity index (χ3n) is 3.95. The molecule has 0 saturated carbocycles. The van der Waals surface area contributed by atoms with Crippen LogP contribution in [0.3, 0.4) is 0 Å². The van der Waals surface area contributed by atoms with Gasteiger partial charge in [0.15, 0.2) is 0 Å². The van der Waals surface area contributed by atoms with Crippen molar-refractivity contribution in [1.82, 2.24) is 5.01 Å². The van der Waals surface area contributed by atoms with Crippen molar-refractivity contribution < 1.29 is 18.0 Å². The average Bonchev–Trinajstić information content (AvgIpc) is 3.18. The van der Waals surface area contributed by atoms with Gasteiger partial charge < -0.3 is 5.73 Å². The zero-order chi connectivity index (χ0) is 21.1. The summed E-state index contributed by atoms with van der Waals surface area (Å²) in [6, 6.07) is 12.3. The highest BCUT2D eigenvalue weighted by Gasteiger charge is 2.32. The van der Waals surface area contributed by atoms with Crippen molar-refractivity contribution in [1.29, 1.82) is 0 Å². The van der Waals surface area contributed by atoms with E-state index in [2.05, 4.69) is 12.0 Å². The monoisotopic (exact) mass is 393 g/mol. The zero-order valence-electron chi connectivity index (χ0n) is 16.3. The van der Waals surface area contributed by atoms with Crippen LogP contribution in [-0.4, -0.2) is 30.4 Å². The molecule has 152 valence electrons. The summed E-state index contributed by atoms with van der Waals surface area (Å²) in [5.41, 5.74) is 6.42. The number of carbonyl (C=O) groups is 1. The lowest BCUT2D eigenvalue weighted by Crippen LogP contribution is -2.24. The summed E-state index contributed by atoms with van der Waals surface area (Å²) in [5.74, 6) is -1.31. The Morgan fingerprint density at radius 2 is 1.79 bits per heavy atom. The van der Waals surface area contributed by atoms with Crippen LogP contribution in [0.5, 0.6) is 0 Å². The van der Waals surface area contributed by atoms with E-state index >= 15 is 0 Å². The molecule has 0 aromatic heterocycles. The van der Waals surface area contributed by atoms with Crippen molar-refractivity contribution in [3.63, 3.8) is 0 Å². The van der Waals surface area contributed by atoms with Crippen LogP contribution in [0, 0.1) is 11.6 Å². The number of hydrazone groups is 1. The molecule has 0 fully saturated rings. The third-order valence-corrected chi connectivity index (χ3v) is 3.95.